The Balaban J connectivity index is 1.48. The van der Waals surface area contributed by atoms with Crippen LogP contribution in [0.15, 0.2) is 60.7 Å². The molecule has 2 aromatic carbocycles. The minimum atomic E-state index is -0.531. The number of nitrogens with zero attached hydrogens (tertiary/aromatic N) is 4. The highest BCUT2D eigenvalue weighted by Crippen LogP contribution is 2.28. The maximum atomic E-state index is 13.4. The van der Waals surface area contributed by atoms with Crippen molar-refractivity contribution in [1.82, 2.24) is 25.6 Å². The summed E-state index contributed by atoms with van der Waals surface area (Å²) in [6.45, 7) is 1.98. The topological polar surface area (TPSA) is 109 Å². The molecule has 35 heavy (non-hydrogen) atoms. The van der Waals surface area contributed by atoms with Crippen LogP contribution in [-0.4, -0.2) is 46.5 Å². The Kier molecular flexibility index (Phi) is 6.43. The Labute approximate surface area is 206 Å². The van der Waals surface area contributed by atoms with Crippen molar-refractivity contribution in [3.05, 3.63) is 77.1 Å². The zero-order chi connectivity index (χ0) is 24.4. The standard InChI is InChI=1S/C25H23ClFN7O/c26-17-3-1-2-15(12-17)13-30-24(35)21-14-29-10-11-34(21)23-22-20(32-25(28)33-23)9-8-19(31-22)16-4-6-18(27)7-5-16/h1-9,12,21,29H,10-11,13-14H2,(H,30,35)(H2,28,32,33). The van der Waals surface area contributed by atoms with E-state index < -0.39 is 6.04 Å². The van der Waals surface area contributed by atoms with E-state index in [-0.39, 0.29) is 17.7 Å². The molecule has 178 valence electrons. The van der Waals surface area contributed by atoms with Crippen LogP contribution in [0, 0.1) is 5.82 Å². The van der Waals surface area contributed by atoms with Gasteiger partial charge in [-0.05, 0) is 54.1 Å². The number of amides is 1. The SMILES string of the molecule is Nc1nc(N2CCNCC2C(=O)NCc2cccc(Cl)c2)c2nc(-c3ccc(F)cc3)ccc2n1. The number of carbonyl (C=O) groups excluding carboxylic acids is 1. The lowest BCUT2D eigenvalue weighted by molar-refractivity contribution is -0.122. The number of anilines is 2. The molecule has 0 bridgehead atoms. The van der Waals surface area contributed by atoms with E-state index in [0.717, 1.165) is 11.1 Å². The van der Waals surface area contributed by atoms with E-state index in [1.807, 2.05) is 23.1 Å². The number of halogens is 2. The van der Waals surface area contributed by atoms with Gasteiger partial charge < -0.3 is 21.3 Å². The number of nitrogen functional groups attached to an aromatic ring is 1. The number of nitrogens with two attached hydrogens (primary N) is 1. The van der Waals surface area contributed by atoms with Crippen molar-refractivity contribution in [3.8, 4) is 11.3 Å². The molecular formula is C25H23ClFN7O. The second kappa shape index (κ2) is 9.81. The summed E-state index contributed by atoms with van der Waals surface area (Å²) in [5.74, 6) is 0.109. The molecule has 1 atom stereocenters. The van der Waals surface area contributed by atoms with Gasteiger partial charge in [0.1, 0.15) is 17.4 Å². The monoisotopic (exact) mass is 491 g/mol. The van der Waals surface area contributed by atoms with E-state index >= 15 is 0 Å². The zero-order valence-electron chi connectivity index (χ0n) is 18.7. The quantitative estimate of drug-likeness (QED) is 0.393. The number of nitrogens with one attached hydrogen (secondary N) is 2. The summed E-state index contributed by atoms with van der Waals surface area (Å²) in [6, 6.07) is 16.5. The molecule has 1 amide bonds. The number of carbonyl (C=O) groups is 1. The molecule has 1 fully saturated rings. The normalized spacial score (nSPS) is 15.8. The molecule has 0 aliphatic carbocycles. The van der Waals surface area contributed by atoms with Gasteiger partial charge in [0.25, 0.3) is 0 Å². The third-order valence-electron chi connectivity index (χ3n) is 5.86. The maximum Gasteiger partial charge on any atom is 0.244 e. The van der Waals surface area contributed by atoms with Crippen LogP contribution in [0.4, 0.5) is 16.2 Å². The lowest BCUT2D eigenvalue weighted by Gasteiger charge is -2.36. The summed E-state index contributed by atoms with van der Waals surface area (Å²) in [6.07, 6.45) is 0. The van der Waals surface area contributed by atoms with Gasteiger partial charge in [-0.3, -0.25) is 4.79 Å². The van der Waals surface area contributed by atoms with Crippen LogP contribution < -0.4 is 21.3 Å². The summed E-state index contributed by atoms with van der Waals surface area (Å²) in [5, 5.41) is 6.88. The van der Waals surface area contributed by atoms with Crippen LogP contribution in [0.25, 0.3) is 22.3 Å². The fraction of sp³-hybridized carbons (Fsp3) is 0.200. The Morgan fingerprint density at radius 2 is 1.97 bits per heavy atom. The van der Waals surface area contributed by atoms with Gasteiger partial charge in [-0.15, -0.1) is 0 Å². The van der Waals surface area contributed by atoms with Crippen molar-refractivity contribution in [2.75, 3.05) is 30.3 Å². The highest BCUT2D eigenvalue weighted by atomic mass is 35.5. The molecule has 4 N–H and O–H groups in total. The molecule has 2 aromatic heterocycles. The number of hydrogen-bond donors (Lipinski definition) is 3. The predicted octanol–water partition coefficient (Wildman–Crippen LogP) is 3.16. The van der Waals surface area contributed by atoms with Crippen molar-refractivity contribution in [2.45, 2.75) is 12.6 Å². The smallest absolute Gasteiger partial charge is 0.244 e. The summed E-state index contributed by atoms with van der Waals surface area (Å²) in [4.78, 5) is 28.7. The molecule has 1 aliphatic rings. The number of pyridine rings is 1. The molecule has 1 aliphatic heterocycles. The van der Waals surface area contributed by atoms with Crippen LogP contribution in [-0.2, 0) is 11.3 Å². The average Bonchev–Trinajstić information content (AvgIpc) is 2.87. The second-order valence-corrected chi connectivity index (χ2v) is 8.67. The molecule has 0 radical (unpaired) electrons. The van der Waals surface area contributed by atoms with Crippen molar-refractivity contribution >= 4 is 40.3 Å². The van der Waals surface area contributed by atoms with Crippen LogP contribution >= 0.6 is 11.6 Å². The lowest BCUT2D eigenvalue weighted by Crippen LogP contribution is -2.58. The van der Waals surface area contributed by atoms with Gasteiger partial charge in [-0.2, -0.15) is 4.98 Å². The van der Waals surface area contributed by atoms with E-state index in [2.05, 4.69) is 20.6 Å². The first kappa shape index (κ1) is 22.9. The first-order valence-corrected chi connectivity index (χ1v) is 11.6. The van der Waals surface area contributed by atoms with Crippen LogP contribution in [0.2, 0.25) is 5.02 Å². The third kappa shape index (κ3) is 5.01. The van der Waals surface area contributed by atoms with Gasteiger partial charge in [0.2, 0.25) is 11.9 Å². The lowest BCUT2D eigenvalue weighted by atomic mass is 10.1. The van der Waals surface area contributed by atoms with E-state index in [0.29, 0.717) is 53.7 Å². The number of benzene rings is 2. The van der Waals surface area contributed by atoms with Gasteiger partial charge >= 0.3 is 0 Å². The Morgan fingerprint density at radius 1 is 1.14 bits per heavy atom. The molecule has 0 saturated carbocycles. The molecular weight excluding hydrogens is 469 g/mol. The molecule has 8 nitrogen and oxygen atoms in total. The number of piperazine rings is 1. The Bertz CT molecular complexity index is 1380. The number of fused-ring (bicyclic) bond motifs is 1. The fourth-order valence-electron chi connectivity index (χ4n) is 4.14. The Morgan fingerprint density at radius 3 is 2.77 bits per heavy atom. The summed E-state index contributed by atoms with van der Waals surface area (Å²) < 4.78 is 13.4. The third-order valence-corrected chi connectivity index (χ3v) is 6.09. The van der Waals surface area contributed by atoms with Gasteiger partial charge in [-0.25, -0.2) is 14.4 Å². The summed E-state index contributed by atoms with van der Waals surface area (Å²) in [7, 11) is 0. The van der Waals surface area contributed by atoms with Gasteiger partial charge in [0.05, 0.1) is 11.2 Å². The van der Waals surface area contributed by atoms with Crippen molar-refractivity contribution in [2.24, 2.45) is 0 Å². The van der Waals surface area contributed by atoms with Crippen molar-refractivity contribution in [3.63, 3.8) is 0 Å². The second-order valence-electron chi connectivity index (χ2n) is 8.24. The highest BCUT2D eigenvalue weighted by molar-refractivity contribution is 6.30. The van der Waals surface area contributed by atoms with E-state index in [1.54, 1.807) is 30.3 Å². The maximum absolute atomic E-state index is 13.4. The fourth-order valence-corrected chi connectivity index (χ4v) is 4.36. The molecule has 10 heteroatoms. The van der Waals surface area contributed by atoms with Gasteiger partial charge in [-0.1, -0.05) is 23.7 Å². The molecule has 3 heterocycles. The van der Waals surface area contributed by atoms with Crippen LogP contribution in [0.1, 0.15) is 5.56 Å². The molecule has 0 spiro atoms. The van der Waals surface area contributed by atoms with Crippen molar-refractivity contribution < 1.29 is 9.18 Å². The van der Waals surface area contributed by atoms with Gasteiger partial charge in [0.15, 0.2) is 5.82 Å². The zero-order valence-corrected chi connectivity index (χ0v) is 19.5. The Hall–Kier alpha value is -3.82. The van der Waals surface area contributed by atoms with Crippen molar-refractivity contribution in [1.29, 1.82) is 0 Å². The summed E-state index contributed by atoms with van der Waals surface area (Å²) >= 11 is 6.06. The minimum Gasteiger partial charge on any atom is -0.368 e. The van der Waals surface area contributed by atoms with E-state index in [9.17, 15) is 9.18 Å². The number of hydrogen-bond acceptors (Lipinski definition) is 7. The van der Waals surface area contributed by atoms with Crippen LogP contribution in [0.5, 0.6) is 0 Å². The average molecular weight is 492 g/mol. The van der Waals surface area contributed by atoms with Gasteiger partial charge in [0, 0.05) is 36.8 Å². The van der Waals surface area contributed by atoms with E-state index in [1.165, 1.54) is 12.1 Å². The molecule has 1 unspecified atom stereocenters. The summed E-state index contributed by atoms with van der Waals surface area (Å²) in [5.41, 5.74) is 9.41. The minimum absolute atomic E-state index is 0.0976. The molecule has 1 saturated heterocycles. The first-order valence-electron chi connectivity index (χ1n) is 11.2. The predicted molar refractivity (Wildman–Crippen MR) is 134 cm³/mol. The molecule has 5 rings (SSSR count). The van der Waals surface area contributed by atoms with Crippen LogP contribution in [0.3, 0.4) is 0 Å². The molecule has 4 aromatic rings. The highest BCUT2D eigenvalue weighted by Gasteiger charge is 2.31. The number of aromatic nitrogens is 3. The largest absolute Gasteiger partial charge is 0.368 e. The van der Waals surface area contributed by atoms with E-state index in [4.69, 9.17) is 22.3 Å². The first-order chi connectivity index (χ1) is 17.0. The number of rotatable bonds is 5.